The fraction of sp³-hybridized carbons (Fsp3) is 0.182. The third-order valence-electron chi connectivity index (χ3n) is 2.51. The van der Waals surface area contributed by atoms with Crippen molar-refractivity contribution < 1.29 is 9.60 Å². The Bertz CT molecular complexity index is 593. The van der Waals surface area contributed by atoms with Gasteiger partial charge in [0.05, 0.1) is 6.54 Å². The number of aromatic nitrogens is 3. The fourth-order valence-corrected chi connectivity index (χ4v) is 1.54. The molecule has 0 aliphatic rings. The van der Waals surface area contributed by atoms with E-state index in [0.717, 1.165) is 11.1 Å². The zero-order chi connectivity index (χ0) is 13.1. The van der Waals surface area contributed by atoms with Gasteiger partial charge in [0, 0.05) is 0 Å². The predicted octanol–water partition coefficient (Wildman–Crippen LogP) is 0.868. The first kappa shape index (κ1) is 12.0. The Labute approximate surface area is 103 Å². The quantitative estimate of drug-likeness (QED) is 0.365. The standard InChI is InChI=1S/C11H12FN5O/c1-7-4-9(12)3-2-8(7)5-17-6-14-11(15-17)10(13)16-18/h2-4,6,18H,5H2,1H3,(H2,13,16). The summed E-state index contributed by atoms with van der Waals surface area (Å²) >= 11 is 0. The second-order valence-corrected chi connectivity index (χ2v) is 3.82. The first-order chi connectivity index (χ1) is 8.60. The molecular formula is C11H12FN5O. The van der Waals surface area contributed by atoms with E-state index >= 15 is 0 Å². The number of nitrogens with zero attached hydrogens (tertiary/aromatic N) is 4. The Kier molecular flexibility index (Phi) is 3.22. The van der Waals surface area contributed by atoms with E-state index < -0.39 is 0 Å². The molecular weight excluding hydrogens is 237 g/mol. The summed E-state index contributed by atoms with van der Waals surface area (Å²) in [5.41, 5.74) is 7.12. The largest absolute Gasteiger partial charge is 0.409 e. The normalized spacial score (nSPS) is 11.8. The van der Waals surface area contributed by atoms with Gasteiger partial charge in [0.15, 0.2) is 0 Å². The molecule has 1 heterocycles. The topological polar surface area (TPSA) is 89.3 Å². The average molecular weight is 249 g/mol. The summed E-state index contributed by atoms with van der Waals surface area (Å²) in [4.78, 5) is 3.89. The summed E-state index contributed by atoms with van der Waals surface area (Å²) in [6.45, 7) is 2.26. The van der Waals surface area contributed by atoms with Gasteiger partial charge in [-0.2, -0.15) is 0 Å². The summed E-state index contributed by atoms with van der Waals surface area (Å²) in [5.74, 6) is -0.269. The molecule has 3 N–H and O–H groups in total. The van der Waals surface area contributed by atoms with E-state index in [1.807, 2.05) is 6.92 Å². The smallest absolute Gasteiger partial charge is 0.219 e. The van der Waals surface area contributed by atoms with Crippen molar-refractivity contribution in [3.63, 3.8) is 0 Å². The average Bonchev–Trinajstić information content (AvgIpc) is 2.80. The summed E-state index contributed by atoms with van der Waals surface area (Å²) in [5, 5.41) is 15.3. The number of hydrogen-bond acceptors (Lipinski definition) is 4. The molecule has 0 spiro atoms. The van der Waals surface area contributed by atoms with Crippen LogP contribution in [-0.4, -0.2) is 25.8 Å². The van der Waals surface area contributed by atoms with Gasteiger partial charge in [-0.05, 0) is 30.2 Å². The second kappa shape index (κ2) is 4.82. The molecule has 2 rings (SSSR count). The van der Waals surface area contributed by atoms with Gasteiger partial charge in [0.2, 0.25) is 11.7 Å². The van der Waals surface area contributed by atoms with Crippen LogP contribution in [0.4, 0.5) is 4.39 Å². The van der Waals surface area contributed by atoms with Gasteiger partial charge in [-0.25, -0.2) is 14.1 Å². The zero-order valence-electron chi connectivity index (χ0n) is 9.71. The molecule has 1 aromatic heterocycles. The molecule has 0 radical (unpaired) electrons. The molecule has 7 heteroatoms. The highest BCUT2D eigenvalue weighted by molar-refractivity contribution is 5.93. The lowest BCUT2D eigenvalue weighted by Crippen LogP contribution is -2.15. The Morgan fingerprint density at radius 1 is 1.56 bits per heavy atom. The first-order valence-corrected chi connectivity index (χ1v) is 5.22. The highest BCUT2D eigenvalue weighted by Gasteiger charge is 2.07. The minimum Gasteiger partial charge on any atom is -0.409 e. The Balaban J connectivity index is 2.21. The molecule has 0 unspecified atom stereocenters. The molecule has 1 aromatic carbocycles. The molecule has 0 saturated carbocycles. The minimum atomic E-state index is -0.271. The number of nitrogens with two attached hydrogens (primary N) is 1. The van der Waals surface area contributed by atoms with Crippen molar-refractivity contribution in [2.75, 3.05) is 0 Å². The van der Waals surface area contributed by atoms with Crippen LogP contribution in [0.25, 0.3) is 0 Å². The summed E-state index contributed by atoms with van der Waals surface area (Å²) < 4.78 is 14.5. The minimum absolute atomic E-state index is 0.149. The molecule has 2 aromatic rings. The Morgan fingerprint density at radius 2 is 2.33 bits per heavy atom. The number of halogens is 1. The Morgan fingerprint density at radius 3 is 3.00 bits per heavy atom. The molecule has 0 fully saturated rings. The van der Waals surface area contributed by atoms with E-state index in [4.69, 9.17) is 10.9 Å². The van der Waals surface area contributed by atoms with Crippen LogP contribution in [0.2, 0.25) is 0 Å². The van der Waals surface area contributed by atoms with Crippen LogP contribution in [0.15, 0.2) is 29.7 Å². The van der Waals surface area contributed by atoms with Gasteiger partial charge in [0.1, 0.15) is 12.1 Å². The number of hydrogen-bond donors (Lipinski definition) is 2. The molecule has 0 saturated heterocycles. The van der Waals surface area contributed by atoms with Crippen molar-refractivity contribution in [3.8, 4) is 0 Å². The monoisotopic (exact) mass is 249 g/mol. The molecule has 0 aliphatic carbocycles. The molecule has 0 atom stereocenters. The van der Waals surface area contributed by atoms with E-state index in [-0.39, 0.29) is 17.5 Å². The van der Waals surface area contributed by atoms with Crippen LogP contribution in [0, 0.1) is 12.7 Å². The summed E-state index contributed by atoms with van der Waals surface area (Å²) in [7, 11) is 0. The van der Waals surface area contributed by atoms with Gasteiger partial charge < -0.3 is 10.9 Å². The van der Waals surface area contributed by atoms with Crippen molar-refractivity contribution in [1.29, 1.82) is 0 Å². The maximum absolute atomic E-state index is 12.9. The number of rotatable bonds is 3. The van der Waals surface area contributed by atoms with Gasteiger partial charge in [-0.1, -0.05) is 11.2 Å². The number of oxime groups is 1. The van der Waals surface area contributed by atoms with E-state index in [9.17, 15) is 4.39 Å². The van der Waals surface area contributed by atoms with Crippen molar-refractivity contribution in [1.82, 2.24) is 14.8 Å². The zero-order valence-corrected chi connectivity index (χ0v) is 9.71. The third-order valence-corrected chi connectivity index (χ3v) is 2.51. The van der Waals surface area contributed by atoms with Crippen molar-refractivity contribution in [3.05, 3.63) is 47.3 Å². The highest BCUT2D eigenvalue weighted by Crippen LogP contribution is 2.11. The van der Waals surface area contributed by atoms with Crippen molar-refractivity contribution in [2.45, 2.75) is 13.5 Å². The van der Waals surface area contributed by atoms with Crippen molar-refractivity contribution >= 4 is 5.84 Å². The first-order valence-electron chi connectivity index (χ1n) is 5.22. The third kappa shape index (κ3) is 2.45. The van der Waals surface area contributed by atoms with Crippen LogP contribution in [0.1, 0.15) is 17.0 Å². The summed E-state index contributed by atoms with van der Waals surface area (Å²) in [6, 6.07) is 4.54. The molecule has 0 bridgehead atoms. The molecule has 0 aliphatic heterocycles. The number of benzene rings is 1. The lowest BCUT2D eigenvalue weighted by molar-refractivity contribution is 0.318. The fourth-order valence-electron chi connectivity index (χ4n) is 1.54. The molecule has 6 nitrogen and oxygen atoms in total. The number of aryl methyl sites for hydroxylation is 1. The molecule has 18 heavy (non-hydrogen) atoms. The second-order valence-electron chi connectivity index (χ2n) is 3.82. The van der Waals surface area contributed by atoms with Crippen LogP contribution >= 0.6 is 0 Å². The van der Waals surface area contributed by atoms with Gasteiger partial charge in [0.25, 0.3) is 0 Å². The van der Waals surface area contributed by atoms with Crippen LogP contribution in [0.3, 0.4) is 0 Å². The van der Waals surface area contributed by atoms with E-state index in [2.05, 4.69) is 15.2 Å². The lowest BCUT2D eigenvalue weighted by Gasteiger charge is -2.05. The van der Waals surface area contributed by atoms with Gasteiger partial charge in [-0.15, -0.1) is 5.10 Å². The van der Waals surface area contributed by atoms with Crippen LogP contribution in [0.5, 0.6) is 0 Å². The van der Waals surface area contributed by atoms with Crippen molar-refractivity contribution in [2.24, 2.45) is 10.9 Å². The number of amidine groups is 1. The maximum Gasteiger partial charge on any atom is 0.219 e. The van der Waals surface area contributed by atoms with E-state index in [1.54, 1.807) is 6.07 Å². The maximum atomic E-state index is 12.9. The SMILES string of the molecule is Cc1cc(F)ccc1Cn1cnc(/C(N)=N/O)n1. The molecule has 0 amide bonds. The van der Waals surface area contributed by atoms with Gasteiger partial charge >= 0.3 is 0 Å². The van der Waals surface area contributed by atoms with E-state index in [0.29, 0.717) is 6.54 Å². The van der Waals surface area contributed by atoms with Crippen LogP contribution in [-0.2, 0) is 6.54 Å². The lowest BCUT2D eigenvalue weighted by atomic mass is 10.1. The Hall–Kier alpha value is -2.44. The van der Waals surface area contributed by atoms with Gasteiger partial charge in [-0.3, -0.25) is 0 Å². The predicted molar refractivity (Wildman–Crippen MR) is 62.8 cm³/mol. The highest BCUT2D eigenvalue weighted by atomic mass is 19.1. The summed E-state index contributed by atoms with van der Waals surface area (Å²) in [6.07, 6.45) is 1.47. The van der Waals surface area contributed by atoms with E-state index in [1.165, 1.54) is 23.1 Å². The molecule has 94 valence electrons. The van der Waals surface area contributed by atoms with Crippen LogP contribution < -0.4 is 5.73 Å².